The van der Waals surface area contributed by atoms with Crippen molar-refractivity contribution >= 4 is 46.7 Å². The molecule has 3 aliphatic rings. The van der Waals surface area contributed by atoms with Crippen LogP contribution >= 0.6 is 23.2 Å². The fourth-order valence-electron chi connectivity index (χ4n) is 5.85. The largest absolute Gasteiger partial charge is 0.462 e. The third-order valence-corrected chi connectivity index (χ3v) is 9.06. The normalized spacial score (nSPS) is 29.6. The molecule has 0 spiro atoms. The van der Waals surface area contributed by atoms with Crippen LogP contribution in [0.2, 0.25) is 0 Å². The summed E-state index contributed by atoms with van der Waals surface area (Å²) < 4.78 is 11.7. The Kier molecular flexibility index (Phi) is 17.7. The first kappa shape index (κ1) is 39.2. The SMILES string of the molecule is CC/C=C\C[C@H]1C/C=C2/C(=O)C(Cl)=C[C@@H]2C/C=C\CCCC(=O)O[C@@H](C/C=C\CC)C/C=C2/C(=O)C(Cl)=C[C@@H]2C/C=C\CCCC(=O)O1. The van der Waals surface area contributed by atoms with Crippen LogP contribution in [-0.4, -0.2) is 35.7 Å². The van der Waals surface area contributed by atoms with Crippen molar-refractivity contribution in [2.24, 2.45) is 11.8 Å². The Hall–Kier alpha value is -3.22. The molecule has 6 nitrogen and oxygen atoms in total. The van der Waals surface area contributed by atoms with Gasteiger partial charge in [-0.2, -0.15) is 0 Å². The van der Waals surface area contributed by atoms with Gasteiger partial charge in [0.1, 0.15) is 12.2 Å². The predicted octanol–water partition coefficient (Wildman–Crippen LogP) is 10.0. The molecule has 260 valence electrons. The molecule has 0 aromatic heterocycles. The van der Waals surface area contributed by atoms with Crippen molar-refractivity contribution in [3.63, 3.8) is 0 Å². The van der Waals surface area contributed by atoms with Crippen molar-refractivity contribution in [1.82, 2.24) is 0 Å². The Labute approximate surface area is 296 Å². The molecule has 3 rings (SSSR count). The molecule has 4 atom stereocenters. The Morgan fingerprint density at radius 2 is 1.04 bits per heavy atom. The molecule has 0 fully saturated rings. The maximum Gasteiger partial charge on any atom is 0.306 e. The fraction of sp³-hybridized carbons (Fsp3) is 0.500. The highest BCUT2D eigenvalue weighted by Gasteiger charge is 2.29. The lowest BCUT2D eigenvalue weighted by atomic mass is 9.95. The second kappa shape index (κ2) is 21.7. The maximum absolute atomic E-state index is 12.9. The van der Waals surface area contributed by atoms with E-state index in [4.69, 9.17) is 32.7 Å². The summed E-state index contributed by atoms with van der Waals surface area (Å²) in [6, 6.07) is 0. The van der Waals surface area contributed by atoms with Gasteiger partial charge in [0.05, 0.1) is 10.1 Å². The zero-order valence-corrected chi connectivity index (χ0v) is 29.9. The summed E-state index contributed by atoms with van der Waals surface area (Å²) in [5, 5.41) is 0.426. The number of ether oxygens (including phenoxy) is 2. The molecule has 0 aromatic carbocycles. The molecule has 0 aromatic rings. The first-order valence-electron chi connectivity index (χ1n) is 17.5. The van der Waals surface area contributed by atoms with Crippen molar-refractivity contribution in [1.29, 1.82) is 0 Å². The van der Waals surface area contributed by atoms with E-state index in [1.54, 1.807) is 12.2 Å². The van der Waals surface area contributed by atoms with Crippen LogP contribution in [0.5, 0.6) is 0 Å². The summed E-state index contributed by atoms with van der Waals surface area (Å²) in [5.41, 5.74) is 1.25. The first-order chi connectivity index (χ1) is 23.2. The molecule has 0 amide bonds. The van der Waals surface area contributed by atoms with Gasteiger partial charge in [0.2, 0.25) is 0 Å². The van der Waals surface area contributed by atoms with Crippen LogP contribution in [0.15, 0.2) is 94.1 Å². The number of carbonyl (C=O) groups is 4. The number of cyclic esters (lactones) is 2. The third kappa shape index (κ3) is 13.4. The van der Waals surface area contributed by atoms with Gasteiger partial charge in [-0.1, -0.05) is 110 Å². The van der Waals surface area contributed by atoms with Crippen LogP contribution in [0, 0.1) is 11.8 Å². The lowest BCUT2D eigenvalue weighted by molar-refractivity contribution is -0.149. The van der Waals surface area contributed by atoms with Gasteiger partial charge in [-0.15, -0.1) is 0 Å². The summed E-state index contributed by atoms with van der Waals surface area (Å²) >= 11 is 12.5. The van der Waals surface area contributed by atoms with Crippen molar-refractivity contribution in [2.75, 3.05) is 0 Å². The average molecular weight is 698 g/mol. The number of fused-ring (bicyclic) bond motifs is 2. The highest BCUT2D eigenvalue weighted by molar-refractivity contribution is 6.46. The number of hydrogen-bond acceptors (Lipinski definition) is 6. The maximum atomic E-state index is 12.9. The van der Waals surface area contributed by atoms with Crippen LogP contribution in [-0.2, 0) is 28.7 Å². The van der Waals surface area contributed by atoms with E-state index in [1.807, 2.05) is 74.6 Å². The number of Topliss-reactive ketones (excluding diaryl/α,β-unsaturated/α-hetero) is 2. The van der Waals surface area contributed by atoms with Crippen LogP contribution < -0.4 is 0 Å². The zero-order chi connectivity index (χ0) is 34.7. The van der Waals surface area contributed by atoms with Crippen LogP contribution in [0.25, 0.3) is 0 Å². The van der Waals surface area contributed by atoms with Gasteiger partial charge in [-0.25, -0.2) is 0 Å². The Morgan fingerprint density at radius 3 is 1.44 bits per heavy atom. The smallest absolute Gasteiger partial charge is 0.306 e. The Morgan fingerprint density at radius 1 is 0.625 bits per heavy atom. The quantitative estimate of drug-likeness (QED) is 0.203. The van der Waals surface area contributed by atoms with Gasteiger partial charge >= 0.3 is 11.9 Å². The molecule has 0 unspecified atom stereocenters. The molecule has 48 heavy (non-hydrogen) atoms. The lowest BCUT2D eigenvalue weighted by Crippen LogP contribution is -2.18. The highest BCUT2D eigenvalue weighted by atomic mass is 35.5. The van der Waals surface area contributed by atoms with Gasteiger partial charge in [0.15, 0.2) is 11.6 Å². The molecule has 0 bridgehead atoms. The van der Waals surface area contributed by atoms with Crippen LogP contribution in [0.1, 0.15) is 104 Å². The van der Waals surface area contributed by atoms with Crippen LogP contribution in [0.4, 0.5) is 0 Å². The van der Waals surface area contributed by atoms with Crippen molar-refractivity contribution < 1.29 is 28.7 Å². The molecule has 1 aliphatic heterocycles. The van der Waals surface area contributed by atoms with E-state index in [0.717, 1.165) is 12.8 Å². The summed E-state index contributed by atoms with van der Waals surface area (Å²) in [4.78, 5) is 51.3. The fourth-order valence-corrected chi connectivity index (χ4v) is 6.37. The van der Waals surface area contributed by atoms with Crippen LogP contribution in [0.3, 0.4) is 0 Å². The molecule has 0 N–H and O–H groups in total. The van der Waals surface area contributed by atoms with E-state index in [9.17, 15) is 19.2 Å². The van der Waals surface area contributed by atoms with Gasteiger partial charge in [-0.3, -0.25) is 19.2 Å². The first-order valence-corrected chi connectivity index (χ1v) is 18.2. The molecule has 0 saturated heterocycles. The highest BCUT2D eigenvalue weighted by Crippen LogP contribution is 2.34. The summed E-state index contributed by atoms with van der Waals surface area (Å²) in [7, 11) is 0. The second-order valence-electron chi connectivity index (χ2n) is 12.3. The number of hydrogen-bond donors (Lipinski definition) is 0. The molecule has 2 aliphatic carbocycles. The minimum Gasteiger partial charge on any atom is -0.462 e. The van der Waals surface area contributed by atoms with Crippen molar-refractivity contribution in [3.8, 4) is 0 Å². The number of allylic oxidation sites excluding steroid dienone is 12. The van der Waals surface area contributed by atoms with E-state index >= 15 is 0 Å². The number of halogens is 2. The Balaban J connectivity index is 1.77. The van der Waals surface area contributed by atoms with E-state index in [0.29, 0.717) is 75.4 Å². The third-order valence-electron chi connectivity index (χ3n) is 8.47. The topological polar surface area (TPSA) is 86.7 Å². The van der Waals surface area contributed by atoms with Crippen molar-refractivity contribution in [3.05, 3.63) is 94.1 Å². The van der Waals surface area contributed by atoms with Crippen molar-refractivity contribution in [2.45, 2.75) is 116 Å². The molecule has 0 saturated carbocycles. The number of rotatable bonds is 6. The van der Waals surface area contributed by atoms with Gasteiger partial charge in [0.25, 0.3) is 0 Å². The standard InChI is InChI=1S/C40H50Cl2O6/c1-3-5-11-19-31-23-25-33-29(27-35(41)39(33)45)17-13-8-10-16-22-38(44)48-32(20-12-6-4-2)24-26-34-30(28-36(42)40(34)46)18-14-7-9-15-21-37(43)47-31/h5-8,11-14,25-32H,3-4,9-10,15-24H2,1-2H3/b11-5-,12-6-,13-8-,14-7-,33-25+,34-26+/t29-,30-,31-,32-/m0/s1. The summed E-state index contributed by atoms with van der Waals surface area (Å²) in [6.45, 7) is 4.09. The van der Waals surface area contributed by atoms with Gasteiger partial charge in [-0.05, 0) is 51.4 Å². The lowest BCUT2D eigenvalue weighted by Gasteiger charge is -2.16. The average Bonchev–Trinajstić information content (AvgIpc) is 3.49. The molecular formula is C40H50Cl2O6. The minimum absolute atomic E-state index is 0.151. The van der Waals surface area contributed by atoms with Gasteiger partial charge in [0, 0.05) is 61.5 Å². The Bertz CT molecular complexity index is 1270. The van der Waals surface area contributed by atoms with E-state index in [-0.39, 0.29) is 70.5 Å². The molecular weight excluding hydrogens is 647 g/mol. The van der Waals surface area contributed by atoms with Gasteiger partial charge < -0.3 is 9.47 Å². The predicted molar refractivity (Wildman–Crippen MR) is 193 cm³/mol. The zero-order valence-electron chi connectivity index (χ0n) is 28.3. The summed E-state index contributed by atoms with van der Waals surface area (Å²) in [6.07, 6.45) is 30.8. The molecule has 8 heteroatoms. The second-order valence-corrected chi connectivity index (χ2v) is 13.2. The molecule has 1 heterocycles. The monoisotopic (exact) mass is 696 g/mol. The minimum atomic E-state index is -0.381. The number of esters is 2. The number of ketones is 2. The van der Waals surface area contributed by atoms with E-state index in [1.165, 1.54) is 0 Å². The van der Waals surface area contributed by atoms with E-state index in [2.05, 4.69) is 0 Å². The molecule has 0 radical (unpaired) electrons. The number of carbonyl (C=O) groups excluding carboxylic acids is 4. The van der Waals surface area contributed by atoms with E-state index < -0.39 is 0 Å². The summed E-state index contributed by atoms with van der Waals surface area (Å²) in [5.74, 6) is -1.20.